The number of carbonyl (C=O) groups is 1. The Morgan fingerprint density at radius 1 is 1.03 bits per heavy atom. The second-order valence-electron chi connectivity index (χ2n) is 8.61. The van der Waals surface area contributed by atoms with Crippen LogP contribution in [0.15, 0.2) is 36.4 Å². The lowest BCUT2D eigenvalue weighted by atomic mass is 10.0. The van der Waals surface area contributed by atoms with E-state index in [1.807, 2.05) is 39.0 Å². The van der Waals surface area contributed by atoms with E-state index in [1.165, 1.54) is 18.4 Å². The zero-order valence-electron chi connectivity index (χ0n) is 18.8. The molecule has 2 aromatic carbocycles. The second kappa shape index (κ2) is 8.92. The van der Waals surface area contributed by atoms with Crippen LogP contribution in [-0.2, 0) is 17.8 Å². The standard InChI is InChI=1S/C25H31N5O/c1-16-13-17(2)23(18(3)14-16)27-25(31)19(4)26-21-10-8-9-20(15-21)24-29-28-22-11-6-5-7-12-30(22)24/h8-10,13-15,19,26H,5-7,11-12H2,1-4H3,(H,27,31)/t19-/m1/s1. The van der Waals surface area contributed by atoms with E-state index in [1.54, 1.807) is 0 Å². The van der Waals surface area contributed by atoms with Gasteiger partial charge < -0.3 is 15.2 Å². The smallest absolute Gasteiger partial charge is 0.246 e. The number of hydrogen-bond acceptors (Lipinski definition) is 4. The molecule has 0 bridgehead atoms. The van der Waals surface area contributed by atoms with Gasteiger partial charge in [0.2, 0.25) is 5.91 Å². The van der Waals surface area contributed by atoms with Gasteiger partial charge in [-0.2, -0.15) is 0 Å². The Hall–Kier alpha value is -3.15. The summed E-state index contributed by atoms with van der Waals surface area (Å²) in [7, 11) is 0. The summed E-state index contributed by atoms with van der Waals surface area (Å²) in [6, 6.07) is 11.9. The molecule has 3 aromatic rings. The molecule has 1 atom stereocenters. The Balaban J connectivity index is 1.49. The van der Waals surface area contributed by atoms with Gasteiger partial charge in [0.15, 0.2) is 5.82 Å². The van der Waals surface area contributed by atoms with Crippen molar-refractivity contribution in [2.24, 2.45) is 0 Å². The van der Waals surface area contributed by atoms with Crippen molar-refractivity contribution < 1.29 is 4.79 Å². The van der Waals surface area contributed by atoms with Crippen molar-refractivity contribution in [3.63, 3.8) is 0 Å². The van der Waals surface area contributed by atoms with Crippen LogP contribution in [0.4, 0.5) is 11.4 Å². The van der Waals surface area contributed by atoms with Gasteiger partial charge in [-0.25, -0.2) is 0 Å². The summed E-state index contributed by atoms with van der Waals surface area (Å²) in [5.74, 6) is 1.92. The summed E-state index contributed by atoms with van der Waals surface area (Å²) < 4.78 is 2.24. The fourth-order valence-electron chi connectivity index (χ4n) is 4.37. The van der Waals surface area contributed by atoms with E-state index >= 15 is 0 Å². The number of fused-ring (bicyclic) bond motifs is 1. The zero-order chi connectivity index (χ0) is 22.0. The quantitative estimate of drug-likeness (QED) is 0.610. The Morgan fingerprint density at radius 2 is 1.81 bits per heavy atom. The Labute approximate surface area is 184 Å². The van der Waals surface area contributed by atoms with Gasteiger partial charge in [0, 0.05) is 29.9 Å². The highest BCUT2D eigenvalue weighted by atomic mass is 16.2. The highest BCUT2D eigenvalue weighted by molar-refractivity contribution is 5.97. The first-order valence-electron chi connectivity index (χ1n) is 11.1. The van der Waals surface area contributed by atoms with E-state index in [-0.39, 0.29) is 11.9 Å². The molecule has 1 aliphatic rings. The molecule has 2 N–H and O–H groups in total. The molecule has 4 rings (SSSR count). The van der Waals surface area contributed by atoms with Crippen LogP contribution in [0.25, 0.3) is 11.4 Å². The van der Waals surface area contributed by atoms with Gasteiger partial charge >= 0.3 is 0 Å². The number of nitrogens with one attached hydrogen (secondary N) is 2. The molecule has 1 aliphatic heterocycles. The number of nitrogens with zero attached hydrogens (tertiary/aromatic N) is 3. The number of rotatable bonds is 5. The summed E-state index contributed by atoms with van der Waals surface area (Å²) in [5.41, 5.74) is 6.15. The van der Waals surface area contributed by atoms with Gasteiger partial charge in [0.05, 0.1) is 0 Å². The van der Waals surface area contributed by atoms with Crippen molar-refractivity contribution >= 4 is 17.3 Å². The molecule has 6 heteroatoms. The second-order valence-corrected chi connectivity index (χ2v) is 8.61. The predicted octanol–water partition coefficient (Wildman–Crippen LogP) is 5.04. The van der Waals surface area contributed by atoms with E-state index in [2.05, 4.69) is 50.5 Å². The fraction of sp³-hybridized carbons (Fsp3) is 0.400. The van der Waals surface area contributed by atoms with Crippen molar-refractivity contribution in [3.05, 3.63) is 58.9 Å². The van der Waals surface area contributed by atoms with Gasteiger partial charge in [-0.05, 0) is 63.8 Å². The van der Waals surface area contributed by atoms with Gasteiger partial charge in [-0.15, -0.1) is 10.2 Å². The van der Waals surface area contributed by atoms with E-state index in [0.717, 1.165) is 59.1 Å². The first-order chi connectivity index (χ1) is 14.9. The van der Waals surface area contributed by atoms with Crippen LogP contribution >= 0.6 is 0 Å². The van der Waals surface area contributed by atoms with Crippen molar-refractivity contribution in [1.82, 2.24) is 14.8 Å². The number of aromatic nitrogens is 3. The van der Waals surface area contributed by atoms with Crippen molar-refractivity contribution in [3.8, 4) is 11.4 Å². The molecular formula is C25H31N5O. The molecule has 6 nitrogen and oxygen atoms in total. The lowest BCUT2D eigenvalue weighted by Gasteiger charge is -2.18. The van der Waals surface area contributed by atoms with Crippen molar-refractivity contribution in [1.29, 1.82) is 0 Å². The summed E-state index contributed by atoms with van der Waals surface area (Å²) in [4.78, 5) is 12.8. The van der Waals surface area contributed by atoms with Crippen LogP contribution < -0.4 is 10.6 Å². The average molecular weight is 418 g/mol. The summed E-state index contributed by atoms with van der Waals surface area (Å²) in [5, 5.41) is 15.3. The highest BCUT2D eigenvalue weighted by Gasteiger charge is 2.18. The molecule has 2 heterocycles. The molecule has 162 valence electrons. The van der Waals surface area contributed by atoms with Gasteiger partial charge in [0.1, 0.15) is 11.9 Å². The van der Waals surface area contributed by atoms with Crippen LogP contribution in [0, 0.1) is 20.8 Å². The highest BCUT2D eigenvalue weighted by Crippen LogP contribution is 2.26. The molecule has 0 unspecified atom stereocenters. The molecule has 31 heavy (non-hydrogen) atoms. The topological polar surface area (TPSA) is 71.8 Å². The molecule has 1 aromatic heterocycles. The van der Waals surface area contributed by atoms with Gasteiger partial charge in [-0.3, -0.25) is 4.79 Å². The molecule has 0 fully saturated rings. The third kappa shape index (κ3) is 4.63. The molecule has 0 saturated heterocycles. The van der Waals surface area contributed by atoms with Gasteiger partial charge in [0.25, 0.3) is 0 Å². The Morgan fingerprint density at radius 3 is 2.58 bits per heavy atom. The van der Waals surface area contributed by atoms with Crippen LogP contribution in [0.1, 0.15) is 48.7 Å². The maximum Gasteiger partial charge on any atom is 0.246 e. The minimum atomic E-state index is -0.383. The molecule has 1 amide bonds. The van der Waals surface area contributed by atoms with Crippen molar-refractivity contribution in [2.45, 2.75) is 66.0 Å². The lowest BCUT2D eigenvalue weighted by Crippen LogP contribution is -2.32. The van der Waals surface area contributed by atoms with E-state index in [0.29, 0.717) is 0 Å². The lowest BCUT2D eigenvalue weighted by molar-refractivity contribution is -0.116. The maximum atomic E-state index is 12.8. The van der Waals surface area contributed by atoms with E-state index < -0.39 is 0 Å². The number of amides is 1. The number of carbonyl (C=O) groups excluding carboxylic acids is 1. The number of aryl methyl sites for hydroxylation is 4. The minimum Gasteiger partial charge on any atom is -0.374 e. The van der Waals surface area contributed by atoms with Crippen LogP contribution in [0.5, 0.6) is 0 Å². The van der Waals surface area contributed by atoms with Gasteiger partial charge in [-0.1, -0.05) is 36.2 Å². The Bertz CT molecular complexity index is 1080. The third-order valence-corrected chi connectivity index (χ3v) is 5.93. The number of hydrogen-bond donors (Lipinski definition) is 2. The fourth-order valence-corrected chi connectivity index (χ4v) is 4.37. The molecule has 0 spiro atoms. The Kier molecular flexibility index (Phi) is 6.07. The van der Waals surface area contributed by atoms with E-state index in [9.17, 15) is 4.79 Å². The normalized spacial score (nSPS) is 14.5. The first-order valence-corrected chi connectivity index (χ1v) is 11.1. The number of benzene rings is 2. The van der Waals surface area contributed by atoms with Crippen LogP contribution in [0.2, 0.25) is 0 Å². The average Bonchev–Trinajstić information content (AvgIpc) is 2.99. The minimum absolute atomic E-state index is 0.0585. The molecule has 0 radical (unpaired) electrons. The number of anilines is 2. The van der Waals surface area contributed by atoms with Crippen LogP contribution in [-0.4, -0.2) is 26.7 Å². The molecule has 0 aliphatic carbocycles. The van der Waals surface area contributed by atoms with E-state index in [4.69, 9.17) is 0 Å². The van der Waals surface area contributed by atoms with Crippen molar-refractivity contribution in [2.75, 3.05) is 10.6 Å². The molecule has 0 saturated carbocycles. The maximum absolute atomic E-state index is 12.8. The SMILES string of the molecule is Cc1cc(C)c(NC(=O)[C@@H](C)Nc2cccc(-c3nnc4n3CCCCC4)c2)c(C)c1. The first kappa shape index (κ1) is 21.1. The largest absolute Gasteiger partial charge is 0.374 e. The van der Waals surface area contributed by atoms with Crippen LogP contribution in [0.3, 0.4) is 0 Å². The third-order valence-electron chi connectivity index (χ3n) is 5.93. The monoisotopic (exact) mass is 417 g/mol. The summed E-state index contributed by atoms with van der Waals surface area (Å²) in [6.07, 6.45) is 4.55. The summed E-state index contributed by atoms with van der Waals surface area (Å²) >= 11 is 0. The molecular weight excluding hydrogens is 386 g/mol. The summed E-state index contributed by atoms with van der Waals surface area (Å²) in [6.45, 7) is 8.96. The zero-order valence-corrected chi connectivity index (χ0v) is 18.8. The predicted molar refractivity (Wildman–Crippen MR) is 125 cm³/mol.